The number of thioether (sulfide) groups is 1. The zero-order valence-electron chi connectivity index (χ0n) is 11.1. The van der Waals surface area contributed by atoms with Gasteiger partial charge >= 0.3 is 0 Å². The molecule has 0 unspecified atom stereocenters. The largest absolute Gasteiger partial charge is 0.459 e. The molecule has 1 aromatic carbocycles. The Kier molecular flexibility index (Phi) is 4.18. The molecule has 0 aliphatic carbocycles. The highest BCUT2D eigenvalue weighted by Gasteiger charge is 2.21. The van der Waals surface area contributed by atoms with Crippen LogP contribution in [0.15, 0.2) is 45.8 Å². The van der Waals surface area contributed by atoms with Gasteiger partial charge in [0.15, 0.2) is 5.17 Å². The quantitative estimate of drug-likeness (QED) is 0.803. The first-order valence-corrected chi connectivity index (χ1v) is 7.82. The Morgan fingerprint density at radius 1 is 1.33 bits per heavy atom. The molecule has 0 spiro atoms. The lowest BCUT2D eigenvalue weighted by atomic mass is 10.2. The molecule has 1 aliphatic rings. The predicted octanol–water partition coefficient (Wildman–Crippen LogP) is 3.99. The van der Waals surface area contributed by atoms with Crippen molar-refractivity contribution in [1.29, 1.82) is 5.26 Å². The second-order valence-corrected chi connectivity index (χ2v) is 5.98. The van der Waals surface area contributed by atoms with E-state index in [0.29, 0.717) is 11.6 Å². The minimum Gasteiger partial charge on any atom is -0.459 e. The van der Waals surface area contributed by atoms with Crippen LogP contribution < -0.4 is 0 Å². The molecule has 0 bridgehead atoms. The molecule has 2 aromatic rings. The summed E-state index contributed by atoms with van der Waals surface area (Å²) in [7, 11) is 0. The molecule has 6 heteroatoms. The van der Waals surface area contributed by atoms with Gasteiger partial charge in [0, 0.05) is 17.9 Å². The fourth-order valence-electron chi connectivity index (χ4n) is 2.18. The van der Waals surface area contributed by atoms with E-state index in [2.05, 4.69) is 4.99 Å². The minimum absolute atomic E-state index is 0.609. The molecule has 0 N–H and O–H groups in total. The monoisotopic (exact) mass is 317 g/mol. The van der Waals surface area contributed by atoms with E-state index in [9.17, 15) is 0 Å². The minimum atomic E-state index is 0.609. The van der Waals surface area contributed by atoms with E-state index < -0.39 is 0 Å². The van der Waals surface area contributed by atoms with E-state index in [1.807, 2.05) is 47.5 Å². The number of furan rings is 1. The second kappa shape index (κ2) is 6.25. The standard InChI is InChI=1S/C15H12ClN3OS/c16-13-4-2-1-3-12(13)14-6-5-11(20-14)9-19-7-8-21-15(19)18-10-17/h1-6H,7-9H2. The number of benzene rings is 1. The maximum absolute atomic E-state index is 8.68. The summed E-state index contributed by atoms with van der Waals surface area (Å²) < 4.78 is 5.87. The van der Waals surface area contributed by atoms with Gasteiger partial charge in [-0.3, -0.25) is 0 Å². The predicted molar refractivity (Wildman–Crippen MR) is 85.1 cm³/mol. The Labute approximate surface area is 132 Å². The van der Waals surface area contributed by atoms with Crippen LogP contribution in [0.25, 0.3) is 11.3 Å². The van der Waals surface area contributed by atoms with Crippen molar-refractivity contribution in [3.8, 4) is 17.5 Å². The number of amidine groups is 1. The number of aliphatic imine (C=N–C) groups is 1. The maximum atomic E-state index is 8.68. The van der Waals surface area contributed by atoms with Gasteiger partial charge < -0.3 is 9.32 Å². The average Bonchev–Trinajstić information content (AvgIpc) is 3.11. The van der Waals surface area contributed by atoms with Gasteiger partial charge in [-0.15, -0.1) is 4.99 Å². The molecule has 0 amide bonds. The molecule has 0 saturated carbocycles. The van der Waals surface area contributed by atoms with Gasteiger partial charge in [-0.1, -0.05) is 35.5 Å². The van der Waals surface area contributed by atoms with Crippen LogP contribution in [0.5, 0.6) is 0 Å². The summed E-state index contributed by atoms with van der Waals surface area (Å²) in [4.78, 5) is 5.87. The van der Waals surface area contributed by atoms with E-state index >= 15 is 0 Å². The van der Waals surface area contributed by atoms with Crippen molar-refractivity contribution in [3.63, 3.8) is 0 Å². The molecule has 1 aromatic heterocycles. The van der Waals surface area contributed by atoms with Crippen molar-refractivity contribution < 1.29 is 4.42 Å². The molecule has 1 saturated heterocycles. The van der Waals surface area contributed by atoms with Gasteiger partial charge in [-0.05, 0) is 24.3 Å². The zero-order valence-corrected chi connectivity index (χ0v) is 12.7. The van der Waals surface area contributed by atoms with Crippen LogP contribution in [0, 0.1) is 11.5 Å². The van der Waals surface area contributed by atoms with Crippen LogP contribution in [0.1, 0.15) is 5.76 Å². The van der Waals surface area contributed by atoms with Gasteiger partial charge in [0.1, 0.15) is 11.5 Å². The number of nitrogens with zero attached hydrogens (tertiary/aromatic N) is 3. The van der Waals surface area contributed by atoms with Gasteiger partial charge in [0.25, 0.3) is 0 Å². The molecule has 2 heterocycles. The number of hydrogen-bond donors (Lipinski definition) is 0. The number of halogens is 1. The normalized spacial score (nSPS) is 16.4. The Morgan fingerprint density at radius 3 is 3.00 bits per heavy atom. The van der Waals surface area contributed by atoms with Gasteiger partial charge in [0.2, 0.25) is 6.19 Å². The molecule has 4 nitrogen and oxygen atoms in total. The zero-order chi connectivity index (χ0) is 14.7. The third kappa shape index (κ3) is 3.07. The lowest BCUT2D eigenvalue weighted by Crippen LogP contribution is -2.23. The second-order valence-electron chi connectivity index (χ2n) is 4.51. The smallest absolute Gasteiger partial charge is 0.208 e. The van der Waals surface area contributed by atoms with Crippen LogP contribution in [-0.2, 0) is 6.54 Å². The molecule has 0 atom stereocenters. The van der Waals surface area contributed by atoms with Crippen molar-refractivity contribution >= 4 is 28.5 Å². The van der Waals surface area contributed by atoms with Crippen molar-refractivity contribution in [2.24, 2.45) is 4.99 Å². The Hall–Kier alpha value is -1.90. The van der Waals surface area contributed by atoms with Crippen LogP contribution in [-0.4, -0.2) is 22.4 Å². The third-order valence-corrected chi connectivity index (χ3v) is 4.48. The first-order valence-electron chi connectivity index (χ1n) is 6.46. The molecule has 1 aliphatic heterocycles. The molecule has 1 fully saturated rings. The summed E-state index contributed by atoms with van der Waals surface area (Å²) in [6, 6.07) is 11.4. The van der Waals surface area contributed by atoms with Gasteiger partial charge in [0.05, 0.1) is 11.6 Å². The topological polar surface area (TPSA) is 52.5 Å². The summed E-state index contributed by atoms with van der Waals surface area (Å²) in [6.45, 7) is 1.48. The highest BCUT2D eigenvalue weighted by atomic mass is 35.5. The molecule has 0 radical (unpaired) electrons. The maximum Gasteiger partial charge on any atom is 0.208 e. The first-order chi connectivity index (χ1) is 10.3. The lowest BCUT2D eigenvalue weighted by Gasteiger charge is -2.14. The van der Waals surface area contributed by atoms with Crippen LogP contribution in [0.3, 0.4) is 0 Å². The number of nitriles is 1. The molecular formula is C15H12ClN3OS. The number of rotatable bonds is 3. The van der Waals surface area contributed by atoms with E-state index in [-0.39, 0.29) is 0 Å². The fourth-order valence-corrected chi connectivity index (χ4v) is 3.35. The first kappa shape index (κ1) is 14.1. The Morgan fingerprint density at radius 2 is 2.19 bits per heavy atom. The molecule has 21 heavy (non-hydrogen) atoms. The Balaban J connectivity index is 1.79. The summed E-state index contributed by atoms with van der Waals surface area (Å²) in [6.07, 6.45) is 1.84. The molecule has 3 rings (SSSR count). The SMILES string of the molecule is N#CN=C1SCCN1Cc1ccc(-c2ccccc2Cl)o1. The third-order valence-electron chi connectivity index (χ3n) is 3.16. The molecule has 106 valence electrons. The van der Waals surface area contributed by atoms with E-state index in [0.717, 1.165) is 34.5 Å². The van der Waals surface area contributed by atoms with E-state index in [4.69, 9.17) is 21.3 Å². The summed E-state index contributed by atoms with van der Waals surface area (Å²) >= 11 is 7.76. The summed E-state index contributed by atoms with van der Waals surface area (Å²) in [5, 5.41) is 10.1. The van der Waals surface area contributed by atoms with Crippen LogP contribution >= 0.6 is 23.4 Å². The summed E-state index contributed by atoms with van der Waals surface area (Å²) in [5.74, 6) is 2.53. The van der Waals surface area contributed by atoms with Crippen molar-refractivity contribution in [3.05, 3.63) is 47.2 Å². The van der Waals surface area contributed by atoms with Gasteiger partial charge in [-0.25, -0.2) is 0 Å². The highest BCUT2D eigenvalue weighted by Crippen LogP contribution is 2.30. The highest BCUT2D eigenvalue weighted by molar-refractivity contribution is 8.14. The van der Waals surface area contributed by atoms with Crippen molar-refractivity contribution in [2.45, 2.75) is 6.54 Å². The average molecular weight is 318 g/mol. The van der Waals surface area contributed by atoms with Crippen molar-refractivity contribution in [1.82, 2.24) is 4.90 Å². The van der Waals surface area contributed by atoms with Crippen molar-refractivity contribution in [2.75, 3.05) is 12.3 Å². The fraction of sp³-hybridized carbons (Fsp3) is 0.200. The lowest BCUT2D eigenvalue weighted by molar-refractivity contribution is 0.392. The van der Waals surface area contributed by atoms with Crippen LogP contribution in [0.4, 0.5) is 0 Å². The number of hydrogen-bond acceptors (Lipinski definition) is 4. The summed E-state index contributed by atoms with van der Waals surface area (Å²) in [5.41, 5.74) is 0.882. The van der Waals surface area contributed by atoms with Gasteiger partial charge in [-0.2, -0.15) is 5.26 Å². The van der Waals surface area contributed by atoms with E-state index in [1.165, 1.54) is 0 Å². The molecular weight excluding hydrogens is 306 g/mol. The van der Waals surface area contributed by atoms with Crippen LogP contribution in [0.2, 0.25) is 5.02 Å². The Bertz CT molecular complexity index is 720. The van der Waals surface area contributed by atoms with E-state index in [1.54, 1.807) is 11.8 Å².